The van der Waals surface area contributed by atoms with Crippen molar-refractivity contribution in [2.24, 2.45) is 5.10 Å². The lowest BCUT2D eigenvalue weighted by Crippen LogP contribution is -2.25. The fourth-order valence-corrected chi connectivity index (χ4v) is 4.01. The van der Waals surface area contributed by atoms with Gasteiger partial charge in [-0.25, -0.2) is 9.78 Å². The predicted octanol–water partition coefficient (Wildman–Crippen LogP) is 5.23. The van der Waals surface area contributed by atoms with Gasteiger partial charge in [0.25, 0.3) is 5.56 Å². The number of hydrogen-bond acceptors (Lipinski definition) is 7. The maximum atomic E-state index is 13.4. The molecule has 0 saturated heterocycles. The van der Waals surface area contributed by atoms with Gasteiger partial charge in [-0.15, -0.1) is 6.58 Å². The highest BCUT2D eigenvalue weighted by Gasteiger charge is 2.21. The van der Waals surface area contributed by atoms with Crippen LogP contribution >= 0.6 is 15.9 Å². The first-order chi connectivity index (χ1) is 17.2. The second-order valence-electron chi connectivity index (χ2n) is 8.29. The minimum Gasteiger partial charge on any atom is -0.493 e. The Morgan fingerprint density at radius 1 is 1.25 bits per heavy atom. The summed E-state index contributed by atoms with van der Waals surface area (Å²) in [6.07, 6.45) is 3.74. The van der Waals surface area contributed by atoms with Crippen molar-refractivity contribution in [2.45, 2.75) is 45.6 Å². The molecule has 0 N–H and O–H groups in total. The first-order valence-electron chi connectivity index (χ1n) is 11.6. The predicted molar refractivity (Wildman–Crippen MR) is 144 cm³/mol. The first kappa shape index (κ1) is 27.1. The number of ether oxygens (including phenoxy) is 3. The molecule has 0 bridgehead atoms. The highest BCUT2D eigenvalue weighted by molar-refractivity contribution is 9.10. The van der Waals surface area contributed by atoms with E-state index in [9.17, 15) is 9.59 Å². The number of halogens is 1. The van der Waals surface area contributed by atoms with E-state index in [1.165, 1.54) is 18.9 Å². The van der Waals surface area contributed by atoms with E-state index in [0.29, 0.717) is 40.2 Å². The van der Waals surface area contributed by atoms with Crippen LogP contribution in [0.1, 0.15) is 50.1 Å². The molecule has 9 heteroatoms. The summed E-state index contributed by atoms with van der Waals surface area (Å²) in [7, 11) is 2.82. The fraction of sp³-hybridized carbons (Fsp3) is 0.333. The Balaban J connectivity index is 2.13. The van der Waals surface area contributed by atoms with Crippen molar-refractivity contribution in [1.82, 2.24) is 9.66 Å². The van der Waals surface area contributed by atoms with E-state index in [1.54, 1.807) is 31.3 Å². The highest BCUT2D eigenvalue weighted by atomic mass is 79.9. The van der Waals surface area contributed by atoms with Crippen LogP contribution in [0.3, 0.4) is 0 Å². The summed E-state index contributed by atoms with van der Waals surface area (Å²) in [5, 5.41) is 5.01. The van der Waals surface area contributed by atoms with Crippen LogP contribution in [0.2, 0.25) is 0 Å². The van der Waals surface area contributed by atoms with Crippen LogP contribution in [-0.4, -0.2) is 42.2 Å². The number of carbonyl (C=O) groups excluding carboxylic acids is 1. The number of fused-ring (bicyclic) bond motifs is 1. The van der Waals surface area contributed by atoms with E-state index in [0.717, 1.165) is 16.5 Å². The van der Waals surface area contributed by atoms with Gasteiger partial charge < -0.3 is 14.2 Å². The van der Waals surface area contributed by atoms with Crippen molar-refractivity contribution in [2.75, 3.05) is 14.2 Å². The van der Waals surface area contributed by atoms with Gasteiger partial charge in [-0.2, -0.15) is 9.78 Å². The summed E-state index contributed by atoms with van der Waals surface area (Å²) in [6, 6.07) is 9.01. The number of allylic oxidation sites excluding steroid dienone is 1. The average Bonchev–Trinajstić information content (AvgIpc) is 2.88. The monoisotopic (exact) mass is 555 g/mol. The Labute approximate surface area is 218 Å². The van der Waals surface area contributed by atoms with Crippen molar-refractivity contribution in [3.63, 3.8) is 0 Å². The zero-order valence-electron chi connectivity index (χ0n) is 21.1. The zero-order valence-corrected chi connectivity index (χ0v) is 22.7. The molecule has 0 radical (unpaired) electrons. The third kappa shape index (κ3) is 5.84. The quantitative estimate of drug-likeness (QED) is 0.193. The second-order valence-corrected chi connectivity index (χ2v) is 9.21. The lowest BCUT2D eigenvalue weighted by molar-refractivity contribution is -0.147. The highest BCUT2D eigenvalue weighted by Crippen LogP contribution is 2.34. The lowest BCUT2D eigenvalue weighted by Gasteiger charge is -2.19. The van der Waals surface area contributed by atoms with Gasteiger partial charge in [0.15, 0.2) is 17.6 Å². The molecular weight excluding hydrogens is 526 g/mol. The van der Waals surface area contributed by atoms with E-state index >= 15 is 0 Å². The van der Waals surface area contributed by atoms with Crippen molar-refractivity contribution in [1.29, 1.82) is 0 Å². The van der Waals surface area contributed by atoms with E-state index in [4.69, 9.17) is 19.2 Å². The van der Waals surface area contributed by atoms with Crippen LogP contribution in [0, 0.1) is 0 Å². The minimum absolute atomic E-state index is 0.0179. The standard InChI is InChI=1S/C27H30BrN3O5/c1-7-9-19-12-18(13-23(34-5)24(19)36-17(4)27(33)35-6)15-29-31-25(16(3)8-2)30-22-11-10-20(28)14-21(22)26(31)32/h7,10-17H,1,8-9H2,2-6H3/t16-,17+/m0/s1. The van der Waals surface area contributed by atoms with Crippen LogP contribution in [0.4, 0.5) is 0 Å². The Morgan fingerprint density at radius 3 is 2.64 bits per heavy atom. The average molecular weight is 556 g/mol. The Morgan fingerprint density at radius 2 is 2.00 bits per heavy atom. The van der Waals surface area contributed by atoms with E-state index < -0.39 is 12.1 Å². The Bertz CT molecular complexity index is 1370. The zero-order chi connectivity index (χ0) is 26.4. The van der Waals surface area contributed by atoms with Crippen molar-refractivity contribution >= 4 is 39.0 Å². The van der Waals surface area contributed by atoms with Gasteiger partial charge in [-0.1, -0.05) is 35.9 Å². The molecule has 1 aromatic heterocycles. The summed E-state index contributed by atoms with van der Waals surface area (Å²) in [6.45, 7) is 9.47. The van der Waals surface area contributed by atoms with Gasteiger partial charge in [0, 0.05) is 16.0 Å². The number of hydrogen-bond donors (Lipinski definition) is 0. The smallest absolute Gasteiger partial charge is 0.346 e. The van der Waals surface area contributed by atoms with Crippen LogP contribution < -0.4 is 15.0 Å². The van der Waals surface area contributed by atoms with Crippen LogP contribution in [0.15, 0.2) is 57.4 Å². The molecule has 0 unspecified atom stereocenters. The van der Waals surface area contributed by atoms with E-state index in [2.05, 4.69) is 27.6 Å². The Kier molecular flexibility index (Phi) is 9.03. The fourth-order valence-electron chi connectivity index (χ4n) is 3.64. The summed E-state index contributed by atoms with van der Waals surface area (Å²) in [4.78, 5) is 30.0. The maximum Gasteiger partial charge on any atom is 0.346 e. The number of nitrogens with zero attached hydrogens (tertiary/aromatic N) is 3. The van der Waals surface area contributed by atoms with Crippen LogP contribution in [0.5, 0.6) is 11.5 Å². The molecule has 0 fully saturated rings. The third-order valence-corrected chi connectivity index (χ3v) is 6.27. The molecule has 2 aromatic carbocycles. The van der Waals surface area contributed by atoms with Crippen molar-refractivity contribution in [3.8, 4) is 11.5 Å². The van der Waals surface area contributed by atoms with Gasteiger partial charge in [0.2, 0.25) is 0 Å². The van der Waals surface area contributed by atoms with Crippen molar-refractivity contribution < 1.29 is 19.0 Å². The van der Waals surface area contributed by atoms with Crippen molar-refractivity contribution in [3.05, 3.63) is 74.8 Å². The molecule has 0 aliphatic heterocycles. The number of benzene rings is 2. The molecule has 190 valence electrons. The molecule has 36 heavy (non-hydrogen) atoms. The lowest BCUT2D eigenvalue weighted by atomic mass is 10.1. The summed E-state index contributed by atoms with van der Waals surface area (Å²) in [5.41, 5.74) is 1.80. The molecule has 0 aliphatic rings. The number of aromatic nitrogens is 2. The molecule has 1 heterocycles. The number of methoxy groups -OCH3 is 2. The molecule has 0 aliphatic carbocycles. The molecule has 8 nitrogen and oxygen atoms in total. The topological polar surface area (TPSA) is 92.0 Å². The number of carbonyl (C=O) groups is 1. The van der Waals surface area contributed by atoms with Gasteiger partial charge in [0.1, 0.15) is 5.82 Å². The second kappa shape index (κ2) is 12.0. The summed E-state index contributed by atoms with van der Waals surface area (Å²) in [5.74, 6) is 0.937. The molecule has 2 atom stereocenters. The molecule has 3 aromatic rings. The number of rotatable bonds is 10. The molecule has 3 rings (SSSR count). The van der Waals surface area contributed by atoms with Crippen LogP contribution in [0.25, 0.3) is 10.9 Å². The summed E-state index contributed by atoms with van der Waals surface area (Å²) >= 11 is 3.43. The SMILES string of the molecule is C=CCc1cc(C=Nn2c([C@@H](C)CC)nc3ccc(Br)cc3c2=O)cc(OC)c1O[C@H](C)C(=O)OC. The molecular formula is C27H30BrN3O5. The number of esters is 1. The van der Waals surface area contributed by atoms with Gasteiger partial charge in [-0.05, 0) is 55.7 Å². The van der Waals surface area contributed by atoms with Gasteiger partial charge in [0.05, 0.1) is 31.3 Å². The maximum absolute atomic E-state index is 13.4. The van der Waals surface area contributed by atoms with E-state index in [1.807, 2.05) is 32.0 Å². The molecule has 0 amide bonds. The van der Waals surface area contributed by atoms with Crippen LogP contribution in [-0.2, 0) is 16.0 Å². The largest absolute Gasteiger partial charge is 0.493 e. The normalized spacial score (nSPS) is 12.9. The third-order valence-electron chi connectivity index (χ3n) is 5.77. The minimum atomic E-state index is -0.827. The molecule has 0 saturated carbocycles. The Hall–Kier alpha value is -3.46. The first-order valence-corrected chi connectivity index (χ1v) is 12.4. The summed E-state index contributed by atoms with van der Waals surface area (Å²) < 4.78 is 18.3. The molecule has 0 spiro atoms. The van der Waals surface area contributed by atoms with Gasteiger partial charge >= 0.3 is 5.97 Å². The van der Waals surface area contributed by atoms with E-state index in [-0.39, 0.29) is 11.5 Å². The van der Waals surface area contributed by atoms with Gasteiger partial charge in [-0.3, -0.25) is 4.79 Å².